The third-order valence-corrected chi connectivity index (χ3v) is 4.51. The normalized spacial score (nSPS) is 11.0. The maximum absolute atomic E-state index is 14.2. The molecule has 22 heavy (non-hydrogen) atoms. The van der Waals surface area contributed by atoms with Crippen molar-refractivity contribution in [2.24, 2.45) is 0 Å². The smallest absolute Gasteiger partial charge is 0.338 e. The van der Waals surface area contributed by atoms with Gasteiger partial charge in [-0.2, -0.15) is 5.10 Å². The molecule has 0 spiro atoms. The van der Waals surface area contributed by atoms with E-state index < -0.39 is 11.8 Å². The Hall–Kier alpha value is -1.92. The Morgan fingerprint density at radius 2 is 2.18 bits per heavy atom. The highest BCUT2D eigenvalue weighted by molar-refractivity contribution is 9.10. The Morgan fingerprint density at radius 1 is 1.41 bits per heavy atom. The number of nitrogens with zero attached hydrogens (tertiary/aromatic N) is 2. The SMILES string of the molecule is O=C(O)c1cccc(Cn2ncc3cc(Cl)c(Br)cc32)c1F. The largest absolute Gasteiger partial charge is 0.478 e. The van der Waals surface area contributed by atoms with Crippen LogP contribution in [0.15, 0.2) is 41.0 Å². The van der Waals surface area contributed by atoms with E-state index in [9.17, 15) is 9.18 Å². The van der Waals surface area contributed by atoms with Gasteiger partial charge in [-0.1, -0.05) is 23.7 Å². The lowest BCUT2D eigenvalue weighted by Gasteiger charge is -2.08. The van der Waals surface area contributed by atoms with Gasteiger partial charge in [-0.25, -0.2) is 9.18 Å². The molecule has 0 radical (unpaired) electrons. The van der Waals surface area contributed by atoms with Gasteiger partial charge in [-0.05, 0) is 34.1 Å². The van der Waals surface area contributed by atoms with Gasteiger partial charge < -0.3 is 5.11 Å². The van der Waals surface area contributed by atoms with Crippen LogP contribution in [0.2, 0.25) is 5.02 Å². The van der Waals surface area contributed by atoms with Gasteiger partial charge >= 0.3 is 5.97 Å². The molecule has 0 bridgehead atoms. The average molecular weight is 384 g/mol. The highest BCUT2D eigenvalue weighted by Crippen LogP contribution is 2.28. The maximum Gasteiger partial charge on any atom is 0.338 e. The molecule has 3 aromatic rings. The summed E-state index contributed by atoms with van der Waals surface area (Å²) in [7, 11) is 0. The lowest BCUT2D eigenvalue weighted by molar-refractivity contribution is 0.0691. The maximum atomic E-state index is 14.2. The van der Waals surface area contributed by atoms with E-state index in [1.807, 2.05) is 0 Å². The molecule has 1 aromatic heterocycles. The van der Waals surface area contributed by atoms with Gasteiger partial charge in [0.25, 0.3) is 0 Å². The molecule has 0 amide bonds. The number of hydrogen-bond acceptors (Lipinski definition) is 2. The van der Waals surface area contributed by atoms with Crippen molar-refractivity contribution in [1.82, 2.24) is 9.78 Å². The molecule has 112 valence electrons. The van der Waals surface area contributed by atoms with Crippen molar-refractivity contribution in [1.29, 1.82) is 0 Å². The van der Waals surface area contributed by atoms with Crippen molar-refractivity contribution in [2.75, 3.05) is 0 Å². The highest BCUT2D eigenvalue weighted by Gasteiger charge is 2.15. The molecule has 1 N–H and O–H groups in total. The second-order valence-electron chi connectivity index (χ2n) is 4.71. The van der Waals surface area contributed by atoms with E-state index >= 15 is 0 Å². The molecule has 0 aliphatic rings. The minimum atomic E-state index is -1.29. The van der Waals surface area contributed by atoms with Crippen molar-refractivity contribution < 1.29 is 14.3 Å². The molecule has 4 nitrogen and oxygen atoms in total. The molecule has 2 aromatic carbocycles. The fraction of sp³-hybridized carbons (Fsp3) is 0.0667. The predicted octanol–water partition coefficient (Wildman–Crippen LogP) is 4.34. The third-order valence-electron chi connectivity index (χ3n) is 3.31. The Bertz CT molecular complexity index is 895. The van der Waals surface area contributed by atoms with Crippen molar-refractivity contribution >= 4 is 44.4 Å². The van der Waals surface area contributed by atoms with E-state index in [0.29, 0.717) is 9.50 Å². The molecule has 0 aliphatic heterocycles. The van der Waals surface area contributed by atoms with E-state index in [1.54, 1.807) is 29.1 Å². The van der Waals surface area contributed by atoms with Crippen molar-refractivity contribution in [2.45, 2.75) is 6.54 Å². The van der Waals surface area contributed by atoms with E-state index in [0.717, 1.165) is 10.9 Å². The van der Waals surface area contributed by atoms with Crippen molar-refractivity contribution in [3.05, 3.63) is 63.0 Å². The summed E-state index contributed by atoms with van der Waals surface area (Å²) >= 11 is 9.37. The van der Waals surface area contributed by atoms with Gasteiger partial charge in [0.05, 0.1) is 28.8 Å². The molecule has 1 heterocycles. The first-order valence-corrected chi connectivity index (χ1v) is 7.45. The first-order chi connectivity index (χ1) is 10.5. The zero-order chi connectivity index (χ0) is 15.9. The van der Waals surface area contributed by atoms with E-state index in [1.165, 1.54) is 12.1 Å². The summed E-state index contributed by atoms with van der Waals surface area (Å²) in [5.74, 6) is -2.04. The second kappa shape index (κ2) is 5.70. The van der Waals surface area contributed by atoms with Crippen LogP contribution in [0, 0.1) is 5.82 Å². The van der Waals surface area contributed by atoms with Crippen LogP contribution in [0.4, 0.5) is 4.39 Å². The van der Waals surface area contributed by atoms with E-state index in [-0.39, 0.29) is 17.7 Å². The number of aromatic carboxylic acids is 1. The number of fused-ring (bicyclic) bond motifs is 1. The molecule has 7 heteroatoms. The number of carboxylic acids is 1. The Kier molecular flexibility index (Phi) is 3.88. The van der Waals surface area contributed by atoms with Gasteiger partial charge in [-0.15, -0.1) is 0 Å². The highest BCUT2D eigenvalue weighted by atomic mass is 79.9. The summed E-state index contributed by atoms with van der Waals surface area (Å²) in [6, 6.07) is 7.84. The number of halogens is 3. The molecule has 3 rings (SSSR count). The van der Waals surface area contributed by atoms with Gasteiger partial charge in [0, 0.05) is 15.4 Å². The standard InChI is InChI=1S/C15H9BrClFN2O2/c16-11-5-13-9(4-12(11)17)6-19-20(13)7-8-2-1-3-10(14(8)18)15(21)22/h1-6H,7H2,(H,21,22). The van der Waals surface area contributed by atoms with E-state index in [2.05, 4.69) is 21.0 Å². The zero-order valence-corrected chi connectivity index (χ0v) is 13.4. The predicted molar refractivity (Wildman–Crippen MR) is 84.9 cm³/mol. The van der Waals surface area contributed by atoms with Crippen LogP contribution in [0.5, 0.6) is 0 Å². The zero-order valence-electron chi connectivity index (χ0n) is 11.1. The monoisotopic (exact) mass is 382 g/mol. The van der Waals surface area contributed by atoms with Gasteiger partial charge in [0.15, 0.2) is 0 Å². The lowest BCUT2D eigenvalue weighted by Crippen LogP contribution is -2.08. The molecule has 0 saturated carbocycles. The number of carboxylic acid groups (broad SMARTS) is 1. The van der Waals surface area contributed by atoms with Gasteiger partial charge in [0.1, 0.15) is 5.82 Å². The number of rotatable bonds is 3. The second-order valence-corrected chi connectivity index (χ2v) is 5.97. The molecule has 0 fully saturated rings. The molecular weight excluding hydrogens is 375 g/mol. The minimum absolute atomic E-state index is 0.129. The van der Waals surface area contributed by atoms with Crippen LogP contribution in [0.25, 0.3) is 10.9 Å². The van der Waals surface area contributed by atoms with Crippen molar-refractivity contribution in [3.8, 4) is 0 Å². The van der Waals surface area contributed by atoms with Crippen LogP contribution >= 0.6 is 27.5 Å². The average Bonchev–Trinajstić information content (AvgIpc) is 2.84. The summed E-state index contributed by atoms with van der Waals surface area (Å²) < 4.78 is 16.5. The Morgan fingerprint density at radius 3 is 2.91 bits per heavy atom. The first-order valence-electron chi connectivity index (χ1n) is 6.28. The molecular formula is C15H9BrClFN2O2. The number of benzene rings is 2. The summed E-state index contributed by atoms with van der Waals surface area (Å²) in [6.45, 7) is 0.129. The lowest BCUT2D eigenvalue weighted by atomic mass is 10.1. The van der Waals surface area contributed by atoms with Gasteiger partial charge in [0.2, 0.25) is 0 Å². The molecule has 0 saturated heterocycles. The first kappa shape index (κ1) is 15.0. The number of aromatic nitrogens is 2. The van der Waals surface area contributed by atoms with Crippen LogP contribution in [0.1, 0.15) is 15.9 Å². The van der Waals surface area contributed by atoms with E-state index in [4.69, 9.17) is 16.7 Å². The van der Waals surface area contributed by atoms with Gasteiger partial charge in [-0.3, -0.25) is 4.68 Å². The number of carbonyl (C=O) groups is 1. The summed E-state index contributed by atoms with van der Waals surface area (Å²) in [4.78, 5) is 11.0. The Labute approximate surface area is 138 Å². The van der Waals surface area contributed by atoms with Crippen LogP contribution in [0.3, 0.4) is 0 Å². The Balaban J connectivity index is 2.06. The fourth-order valence-corrected chi connectivity index (χ4v) is 2.73. The summed E-state index contributed by atoms with van der Waals surface area (Å²) in [6.07, 6.45) is 1.63. The van der Waals surface area contributed by atoms with Crippen LogP contribution < -0.4 is 0 Å². The molecule has 0 unspecified atom stereocenters. The summed E-state index contributed by atoms with van der Waals surface area (Å²) in [5.41, 5.74) is 0.686. The van der Waals surface area contributed by atoms with Crippen molar-refractivity contribution in [3.63, 3.8) is 0 Å². The molecule has 0 atom stereocenters. The molecule has 0 aliphatic carbocycles. The van der Waals surface area contributed by atoms with Crippen LogP contribution in [-0.4, -0.2) is 20.9 Å². The fourth-order valence-electron chi connectivity index (χ4n) is 2.23. The minimum Gasteiger partial charge on any atom is -0.478 e. The quantitative estimate of drug-likeness (QED) is 0.732. The third kappa shape index (κ3) is 2.60. The topological polar surface area (TPSA) is 55.1 Å². The summed E-state index contributed by atoms with van der Waals surface area (Å²) in [5, 5.41) is 14.6. The number of hydrogen-bond donors (Lipinski definition) is 1. The van der Waals surface area contributed by atoms with Crippen LogP contribution in [-0.2, 0) is 6.54 Å².